The van der Waals surface area contributed by atoms with Crippen LogP contribution in [0.3, 0.4) is 0 Å². The van der Waals surface area contributed by atoms with E-state index in [9.17, 15) is 4.39 Å². The molecule has 0 unspecified atom stereocenters. The molecule has 0 spiro atoms. The molecule has 1 N–H and O–H groups in total. The lowest BCUT2D eigenvalue weighted by Gasteiger charge is -2.19. The standard InChI is InChI=1S/C12H16ClFN2/c13-11-6-10(7-12(14)8-11)9-16-4-1-2-15-3-5-16/h6-8,15H,1-5,9H2. The van der Waals surface area contributed by atoms with Crippen molar-refractivity contribution >= 4 is 11.6 Å². The molecule has 0 radical (unpaired) electrons. The Balaban J connectivity index is 2.01. The molecule has 1 aliphatic heterocycles. The van der Waals surface area contributed by atoms with Gasteiger partial charge in [-0.25, -0.2) is 4.39 Å². The zero-order chi connectivity index (χ0) is 11.4. The first kappa shape index (κ1) is 11.8. The third-order valence-electron chi connectivity index (χ3n) is 2.76. The van der Waals surface area contributed by atoms with Crippen molar-refractivity contribution < 1.29 is 4.39 Å². The lowest BCUT2D eigenvalue weighted by Crippen LogP contribution is -2.27. The molecule has 0 atom stereocenters. The topological polar surface area (TPSA) is 15.3 Å². The van der Waals surface area contributed by atoms with E-state index in [-0.39, 0.29) is 5.82 Å². The van der Waals surface area contributed by atoms with Crippen molar-refractivity contribution in [3.8, 4) is 0 Å². The number of nitrogens with zero attached hydrogens (tertiary/aromatic N) is 1. The van der Waals surface area contributed by atoms with Gasteiger partial charge in [0.1, 0.15) is 5.82 Å². The summed E-state index contributed by atoms with van der Waals surface area (Å²) in [5, 5.41) is 3.82. The van der Waals surface area contributed by atoms with Gasteiger partial charge in [-0.1, -0.05) is 11.6 Å². The summed E-state index contributed by atoms with van der Waals surface area (Å²) in [5.41, 5.74) is 0.951. The van der Waals surface area contributed by atoms with Crippen molar-refractivity contribution in [2.75, 3.05) is 26.2 Å². The number of rotatable bonds is 2. The Kier molecular flexibility index (Phi) is 4.16. The number of benzene rings is 1. The zero-order valence-electron chi connectivity index (χ0n) is 9.18. The third kappa shape index (κ3) is 3.44. The highest BCUT2D eigenvalue weighted by Gasteiger charge is 2.09. The molecule has 0 aliphatic carbocycles. The molecule has 1 saturated heterocycles. The van der Waals surface area contributed by atoms with Crippen molar-refractivity contribution in [2.45, 2.75) is 13.0 Å². The van der Waals surface area contributed by atoms with Crippen LogP contribution in [0.25, 0.3) is 0 Å². The third-order valence-corrected chi connectivity index (χ3v) is 2.98. The minimum Gasteiger partial charge on any atom is -0.315 e. The van der Waals surface area contributed by atoms with Crippen molar-refractivity contribution in [3.63, 3.8) is 0 Å². The van der Waals surface area contributed by atoms with Gasteiger partial charge in [0, 0.05) is 24.7 Å². The number of nitrogens with one attached hydrogen (secondary N) is 1. The SMILES string of the molecule is Fc1cc(Cl)cc(CN2CCCNCC2)c1. The van der Waals surface area contributed by atoms with Crippen LogP contribution in [0.15, 0.2) is 18.2 Å². The lowest BCUT2D eigenvalue weighted by atomic mass is 10.2. The lowest BCUT2D eigenvalue weighted by molar-refractivity contribution is 0.284. The molecular formula is C12H16ClFN2. The Labute approximate surface area is 100 Å². The van der Waals surface area contributed by atoms with Gasteiger partial charge in [-0.05, 0) is 43.3 Å². The molecule has 1 fully saturated rings. The molecule has 1 aromatic rings. The maximum Gasteiger partial charge on any atom is 0.125 e. The normalized spacial score (nSPS) is 18.4. The Hall–Kier alpha value is -0.640. The second-order valence-electron chi connectivity index (χ2n) is 4.16. The quantitative estimate of drug-likeness (QED) is 0.856. The Bertz CT molecular complexity index is 329. The van der Waals surface area contributed by atoms with Gasteiger partial charge < -0.3 is 5.32 Å². The average molecular weight is 243 g/mol. The number of hydrogen-bond donors (Lipinski definition) is 1. The van der Waals surface area contributed by atoms with E-state index in [2.05, 4.69) is 10.2 Å². The minimum absolute atomic E-state index is 0.254. The molecule has 1 heterocycles. The van der Waals surface area contributed by atoms with Crippen LogP contribution in [0.1, 0.15) is 12.0 Å². The van der Waals surface area contributed by atoms with E-state index in [1.807, 2.05) is 6.07 Å². The van der Waals surface area contributed by atoms with Gasteiger partial charge in [0.2, 0.25) is 0 Å². The first-order chi connectivity index (χ1) is 7.74. The molecule has 0 bridgehead atoms. The van der Waals surface area contributed by atoms with Crippen LogP contribution in [0.4, 0.5) is 4.39 Å². The monoisotopic (exact) mass is 242 g/mol. The fraction of sp³-hybridized carbons (Fsp3) is 0.500. The van der Waals surface area contributed by atoms with Crippen LogP contribution in [0.5, 0.6) is 0 Å². The van der Waals surface area contributed by atoms with Gasteiger partial charge in [-0.3, -0.25) is 4.90 Å². The second kappa shape index (κ2) is 5.62. The van der Waals surface area contributed by atoms with Crippen molar-refractivity contribution in [2.24, 2.45) is 0 Å². The number of hydrogen-bond acceptors (Lipinski definition) is 2. The summed E-state index contributed by atoms with van der Waals surface area (Å²) in [6.07, 6.45) is 1.14. The van der Waals surface area contributed by atoms with Gasteiger partial charge in [0.05, 0.1) is 0 Å². The van der Waals surface area contributed by atoms with Gasteiger partial charge >= 0.3 is 0 Å². The molecule has 88 valence electrons. The molecule has 1 aliphatic rings. The summed E-state index contributed by atoms with van der Waals surface area (Å²) >= 11 is 5.83. The largest absolute Gasteiger partial charge is 0.315 e. The highest BCUT2D eigenvalue weighted by molar-refractivity contribution is 6.30. The Morgan fingerprint density at radius 3 is 2.94 bits per heavy atom. The molecule has 2 nitrogen and oxygen atoms in total. The summed E-state index contributed by atoms with van der Waals surface area (Å²) in [7, 11) is 0. The predicted molar refractivity (Wildman–Crippen MR) is 64.2 cm³/mol. The van der Waals surface area contributed by atoms with E-state index in [4.69, 9.17) is 11.6 Å². The fourth-order valence-electron chi connectivity index (χ4n) is 2.02. The highest BCUT2D eigenvalue weighted by Crippen LogP contribution is 2.16. The van der Waals surface area contributed by atoms with Gasteiger partial charge in [0.25, 0.3) is 0 Å². The van der Waals surface area contributed by atoms with E-state index in [1.165, 1.54) is 6.07 Å². The number of halogens is 2. The molecule has 0 aromatic heterocycles. The summed E-state index contributed by atoms with van der Waals surface area (Å²) in [6, 6.07) is 4.74. The van der Waals surface area contributed by atoms with E-state index >= 15 is 0 Å². The Morgan fingerprint density at radius 2 is 2.12 bits per heavy atom. The maximum absolute atomic E-state index is 13.1. The van der Waals surface area contributed by atoms with Gasteiger partial charge in [0.15, 0.2) is 0 Å². The van der Waals surface area contributed by atoms with Crippen LogP contribution in [-0.4, -0.2) is 31.1 Å². The van der Waals surface area contributed by atoms with Crippen LogP contribution in [0, 0.1) is 5.82 Å². The molecule has 1 aromatic carbocycles. The first-order valence-corrected chi connectivity index (χ1v) is 6.00. The summed E-state index contributed by atoms with van der Waals surface area (Å²) in [4.78, 5) is 2.32. The van der Waals surface area contributed by atoms with E-state index in [0.29, 0.717) is 5.02 Å². The molecule has 0 amide bonds. The average Bonchev–Trinajstić information content (AvgIpc) is 2.44. The molecule has 4 heteroatoms. The first-order valence-electron chi connectivity index (χ1n) is 5.62. The van der Waals surface area contributed by atoms with Gasteiger partial charge in [-0.2, -0.15) is 0 Å². The Morgan fingerprint density at radius 1 is 1.25 bits per heavy atom. The van der Waals surface area contributed by atoms with Crippen LogP contribution in [0.2, 0.25) is 5.02 Å². The van der Waals surface area contributed by atoms with Crippen LogP contribution in [-0.2, 0) is 6.54 Å². The van der Waals surface area contributed by atoms with Crippen LogP contribution >= 0.6 is 11.6 Å². The van der Waals surface area contributed by atoms with E-state index < -0.39 is 0 Å². The smallest absolute Gasteiger partial charge is 0.125 e. The maximum atomic E-state index is 13.1. The zero-order valence-corrected chi connectivity index (χ0v) is 9.93. The van der Waals surface area contributed by atoms with Crippen molar-refractivity contribution in [1.82, 2.24) is 10.2 Å². The minimum atomic E-state index is -0.254. The summed E-state index contributed by atoms with van der Waals surface area (Å²) in [5.74, 6) is -0.254. The molecule has 0 saturated carbocycles. The summed E-state index contributed by atoms with van der Waals surface area (Å²) in [6.45, 7) is 4.91. The fourth-order valence-corrected chi connectivity index (χ4v) is 2.26. The summed E-state index contributed by atoms with van der Waals surface area (Å²) < 4.78 is 13.1. The highest BCUT2D eigenvalue weighted by atomic mass is 35.5. The molecular weight excluding hydrogens is 227 g/mol. The predicted octanol–water partition coefficient (Wildman–Crippen LogP) is 2.27. The molecule has 2 rings (SSSR count). The van der Waals surface area contributed by atoms with Gasteiger partial charge in [-0.15, -0.1) is 0 Å². The second-order valence-corrected chi connectivity index (χ2v) is 4.59. The van der Waals surface area contributed by atoms with Crippen molar-refractivity contribution in [3.05, 3.63) is 34.6 Å². The van der Waals surface area contributed by atoms with Crippen molar-refractivity contribution in [1.29, 1.82) is 0 Å². The van der Waals surface area contributed by atoms with E-state index in [0.717, 1.165) is 44.7 Å². The van der Waals surface area contributed by atoms with Crippen LogP contribution < -0.4 is 5.32 Å². The molecule has 16 heavy (non-hydrogen) atoms. The van der Waals surface area contributed by atoms with E-state index in [1.54, 1.807) is 6.07 Å².